The standard InChI is InChI=1S/C14H18BrN3O3S.ClH/c15-11-8-10-2-3-14(19)17-12(10)9-13(11)22(20,21)18-6-1-4-16-5-7-18;/h8-9,16H,1-7H2,(H,17,19);1H. The molecule has 0 saturated carbocycles. The molecule has 2 aliphatic rings. The maximum absolute atomic E-state index is 12.9. The summed E-state index contributed by atoms with van der Waals surface area (Å²) in [7, 11) is -3.57. The Balaban J connectivity index is 0.00000192. The second-order valence-corrected chi connectivity index (χ2v) is 8.26. The van der Waals surface area contributed by atoms with Crippen LogP contribution < -0.4 is 10.6 Å². The van der Waals surface area contributed by atoms with Crippen LogP contribution in [0.15, 0.2) is 21.5 Å². The zero-order valence-electron chi connectivity index (χ0n) is 12.5. The lowest BCUT2D eigenvalue weighted by Gasteiger charge is -2.23. The summed E-state index contributed by atoms with van der Waals surface area (Å²) in [4.78, 5) is 11.7. The lowest BCUT2D eigenvalue weighted by molar-refractivity contribution is -0.116. The fourth-order valence-electron chi connectivity index (χ4n) is 2.78. The predicted octanol–water partition coefficient (Wildman–Crippen LogP) is 1.74. The molecule has 0 spiro atoms. The predicted molar refractivity (Wildman–Crippen MR) is 94.6 cm³/mol. The highest BCUT2D eigenvalue weighted by Crippen LogP contribution is 2.33. The molecule has 3 rings (SSSR count). The van der Waals surface area contributed by atoms with Crippen molar-refractivity contribution < 1.29 is 13.2 Å². The third kappa shape index (κ3) is 3.88. The summed E-state index contributed by atoms with van der Waals surface area (Å²) in [6.07, 6.45) is 1.86. The molecule has 0 aliphatic carbocycles. The molecule has 6 nitrogen and oxygen atoms in total. The van der Waals surface area contributed by atoms with Crippen LogP contribution in [-0.2, 0) is 21.2 Å². The smallest absolute Gasteiger partial charge is 0.244 e. The van der Waals surface area contributed by atoms with Gasteiger partial charge in [-0.2, -0.15) is 4.31 Å². The molecule has 128 valence electrons. The van der Waals surface area contributed by atoms with Crippen molar-refractivity contribution in [1.29, 1.82) is 0 Å². The lowest BCUT2D eigenvalue weighted by atomic mass is 10.0. The van der Waals surface area contributed by atoms with Crippen molar-refractivity contribution in [2.45, 2.75) is 24.2 Å². The second kappa shape index (κ2) is 7.48. The normalized spacial score (nSPS) is 19.3. The first-order chi connectivity index (χ1) is 10.5. The Morgan fingerprint density at radius 3 is 2.70 bits per heavy atom. The van der Waals surface area contributed by atoms with Gasteiger partial charge >= 0.3 is 0 Å². The zero-order valence-corrected chi connectivity index (χ0v) is 15.7. The zero-order chi connectivity index (χ0) is 15.7. The van der Waals surface area contributed by atoms with Crippen LogP contribution in [0.1, 0.15) is 18.4 Å². The van der Waals surface area contributed by atoms with E-state index >= 15 is 0 Å². The van der Waals surface area contributed by atoms with Crippen LogP contribution in [0.2, 0.25) is 0 Å². The van der Waals surface area contributed by atoms with Crippen LogP contribution in [0, 0.1) is 0 Å². The van der Waals surface area contributed by atoms with Crippen LogP contribution in [0.25, 0.3) is 0 Å². The van der Waals surface area contributed by atoms with E-state index in [-0.39, 0.29) is 23.2 Å². The number of carbonyl (C=O) groups excluding carboxylic acids is 1. The number of halogens is 2. The summed E-state index contributed by atoms with van der Waals surface area (Å²) in [6.45, 7) is 2.44. The van der Waals surface area contributed by atoms with Gasteiger partial charge in [-0.1, -0.05) is 0 Å². The third-order valence-electron chi connectivity index (χ3n) is 3.97. The SMILES string of the molecule is Cl.O=C1CCc2cc(Br)c(S(=O)(=O)N3CCCNCC3)cc2N1. The molecule has 0 unspecified atom stereocenters. The number of rotatable bonds is 2. The number of amides is 1. The number of hydrogen-bond acceptors (Lipinski definition) is 4. The Bertz CT molecular complexity index is 703. The number of aryl methyl sites for hydroxylation is 1. The van der Waals surface area contributed by atoms with Crippen molar-refractivity contribution in [3.63, 3.8) is 0 Å². The molecular weight excluding hydrogens is 406 g/mol. The van der Waals surface area contributed by atoms with Crippen LogP contribution in [0.5, 0.6) is 0 Å². The van der Waals surface area contributed by atoms with Crippen molar-refractivity contribution in [2.24, 2.45) is 0 Å². The van der Waals surface area contributed by atoms with E-state index in [2.05, 4.69) is 26.6 Å². The number of nitrogens with zero attached hydrogens (tertiary/aromatic N) is 1. The first kappa shape index (κ1) is 18.7. The highest BCUT2D eigenvalue weighted by molar-refractivity contribution is 9.10. The number of benzene rings is 1. The summed E-state index contributed by atoms with van der Waals surface area (Å²) in [5, 5.41) is 5.96. The summed E-state index contributed by atoms with van der Waals surface area (Å²) in [5.41, 5.74) is 1.56. The summed E-state index contributed by atoms with van der Waals surface area (Å²) >= 11 is 3.38. The van der Waals surface area contributed by atoms with Gasteiger partial charge in [0, 0.05) is 36.2 Å². The fourth-order valence-corrected chi connectivity index (χ4v) is 5.33. The van der Waals surface area contributed by atoms with Gasteiger partial charge < -0.3 is 10.6 Å². The number of nitrogens with one attached hydrogen (secondary N) is 2. The van der Waals surface area contributed by atoms with E-state index in [1.165, 1.54) is 4.31 Å². The molecule has 2 aliphatic heterocycles. The number of fused-ring (bicyclic) bond motifs is 1. The van der Waals surface area contributed by atoms with Crippen LogP contribution >= 0.6 is 28.3 Å². The number of sulfonamides is 1. The van der Waals surface area contributed by atoms with Gasteiger partial charge in [-0.25, -0.2) is 8.42 Å². The molecule has 2 N–H and O–H groups in total. The molecule has 23 heavy (non-hydrogen) atoms. The Labute approximate surface area is 150 Å². The summed E-state index contributed by atoms with van der Waals surface area (Å²) < 4.78 is 27.8. The highest BCUT2D eigenvalue weighted by atomic mass is 79.9. The topological polar surface area (TPSA) is 78.5 Å². The molecule has 2 heterocycles. The molecular formula is C14H19BrClN3O3S. The minimum Gasteiger partial charge on any atom is -0.326 e. The Hall–Kier alpha value is -0.670. The maximum atomic E-state index is 12.9. The highest BCUT2D eigenvalue weighted by Gasteiger charge is 2.29. The average molecular weight is 425 g/mol. The Kier molecular flexibility index (Phi) is 6.07. The van der Waals surface area contributed by atoms with E-state index < -0.39 is 10.0 Å². The molecule has 1 fully saturated rings. The number of anilines is 1. The number of carbonyl (C=O) groups is 1. The first-order valence-electron chi connectivity index (χ1n) is 7.31. The van der Waals surface area contributed by atoms with Gasteiger partial charge in [0.15, 0.2) is 0 Å². The van der Waals surface area contributed by atoms with Crippen LogP contribution in [0.3, 0.4) is 0 Å². The minimum absolute atomic E-state index is 0. The summed E-state index contributed by atoms with van der Waals surface area (Å²) in [5.74, 6) is -0.0721. The van der Waals surface area contributed by atoms with Crippen molar-refractivity contribution in [1.82, 2.24) is 9.62 Å². The van der Waals surface area contributed by atoms with E-state index in [0.717, 1.165) is 18.5 Å². The molecule has 0 atom stereocenters. The molecule has 0 radical (unpaired) electrons. The quantitative estimate of drug-likeness (QED) is 0.758. The van der Waals surface area contributed by atoms with Gasteiger partial charge in [0.25, 0.3) is 0 Å². The van der Waals surface area contributed by atoms with Gasteiger partial charge in [-0.05, 0) is 53.0 Å². The van der Waals surface area contributed by atoms with E-state index in [9.17, 15) is 13.2 Å². The minimum atomic E-state index is -3.57. The summed E-state index contributed by atoms with van der Waals surface area (Å²) in [6, 6.07) is 3.38. The van der Waals surface area contributed by atoms with Gasteiger partial charge in [0.2, 0.25) is 15.9 Å². The van der Waals surface area contributed by atoms with Crippen molar-refractivity contribution in [3.05, 3.63) is 22.2 Å². The molecule has 9 heteroatoms. The molecule has 0 bridgehead atoms. The van der Waals surface area contributed by atoms with Gasteiger partial charge in [0.05, 0.1) is 4.90 Å². The van der Waals surface area contributed by atoms with Crippen molar-refractivity contribution >= 4 is 50.0 Å². The Morgan fingerprint density at radius 2 is 1.91 bits per heavy atom. The van der Waals surface area contributed by atoms with Crippen LogP contribution in [-0.4, -0.2) is 44.8 Å². The first-order valence-corrected chi connectivity index (χ1v) is 9.55. The van der Waals surface area contributed by atoms with Gasteiger partial charge in [-0.15, -0.1) is 12.4 Å². The molecule has 1 amide bonds. The lowest BCUT2D eigenvalue weighted by Crippen LogP contribution is -2.34. The van der Waals surface area contributed by atoms with E-state index in [1.807, 2.05) is 0 Å². The van der Waals surface area contributed by atoms with Crippen molar-refractivity contribution in [2.75, 3.05) is 31.5 Å². The van der Waals surface area contributed by atoms with Gasteiger partial charge in [-0.3, -0.25) is 4.79 Å². The fraction of sp³-hybridized carbons (Fsp3) is 0.500. The largest absolute Gasteiger partial charge is 0.326 e. The van der Waals surface area contributed by atoms with Crippen molar-refractivity contribution in [3.8, 4) is 0 Å². The van der Waals surface area contributed by atoms with E-state index in [1.54, 1.807) is 12.1 Å². The van der Waals surface area contributed by atoms with E-state index in [0.29, 0.717) is 42.6 Å². The van der Waals surface area contributed by atoms with Gasteiger partial charge in [0.1, 0.15) is 0 Å². The monoisotopic (exact) mass is 423 g/mol. The average Bonchev–Trinajstić information content (AvgIpc) is 2.76. The molecule has 1 aromatic carbocycles. The number of hydrogen-bond donors (Lipinski definition) is 2. The maximum Gasteiger partial charge on any atom is 0.244 e. The third-order valence-corrected chi connectivity index (χ3v) is 6.83. The molecule has 1 aromatic rings. The molecule has 1 saturated heterocycles. The second-order valence-electron chi connectivity index (χ2n) is 5.50. The van der Waals surface area contributed by atoms with E-state index in [4.69, 9.17) is 0 Å². The van der Waals surface area contributed by atoms with Crippen LogP contribution in [0.4, 0.5) is 5.69 Å². The molecule has 0 aromatic heterocycles. The Morgan fingerprint density at radius 1 is 1.13 bits per heavy atom.